The van der Waals surface area contributed by atoms with Crippen molar-refractivity contribution in [3.8, 4) is 11.5 Å². The second-order valence-corrected chi connectivity index (χ2v) is 8.04. The second-order valence-electron chi connectivity index (χ2n) is 8.04. The molecule has 1 atom stereocenters. The largest absolute Gasteiger partial charge is 0.493 e. The SMILES string of the molecule is CNC(=O)N1N=C(c2ccc(Nc3ccccc3F)cc2)c2cc(OC)c(OC)c(F)c2C[C@@H]1C. The number of carbonyl (C=O) groups is 1. The van der Waals surface area contributed by atoms with Crippen LogP contribution in [0.2, 0.25) is 0 Å². The number of ether oxygens (including phenoxy) is 2. The molecule has 35 heavy (non-hydrogen) atoms. The lowest BCUT2D eigenvalue weighted by molar-refractivity contribution is 0.184. The van der Waals surface area contributed by atoms with Crippen LogP contribution in [0.5, 0.6) is 11.5 Å². The maximum atomic E-state index is 15.6. The molecule has 3 aromatic rings. The van der Waals surface area contributed by atoms with Gasteiger partial charge >= 0.3 is 6.03 Å². The monoisotopic (exact) mass is 480 g/mol. The molecule has 0 saturated heterocycles. The summed E-state index contributed by atoms with van der Waals surface area (Å²) >= 11 is 0. The van der Waals surface area contributed by atoms with E-state index in [1.165, 1.54) is 32.3 Å². The van der Waals surface area contributed by atoms with E-state index in [0.717, 1.165) is 0 Å². The number of urea groups is 1. The predicted octanol–water partition coefficient (Wildman–Crippen LogP) is 5.06. The molecule has 0 unspecified atom stereocenters. The maximum Gasteiger partial charge on any atom is 0.337 e. The molecule has 0 bridgehead atoms. The van der Waals surface area contributed by atoms with Crippen molar-refractivity contribution >= 4 is 23.1 Å². The Kier molecular flexibility index (Phi) is 6.86. The van der Waals surface area contributed by atoms with Gasteiger partial charge in [0.15, 0.2) is 17.3 Å². The number of para-hydroxylation sites is 1. The van der Waals surface area contributed by atoms with Crippen molar-refractivity contribution < 1.29 is 23.0 Å². The van der Waals surface area contributed by atoms with Gasteiger partial charge in [-0.2, -0.15) is 5.10 Å². The molecule has 0 aromatic heterocycles. The Balaban J connectivity index is 1.82. The first-order chi connectivity index (χ1) is 16.9. The van der Waals surface area contributed by atoms with E-state index in [4.69, 9.17) is 9.47 Å². The van der Waals surface area contributed by atoms with Crippen molar-refractivity contribution in [1.29, 1.82) is 0 Å². The molecule has 1 aliphatic heterocycles. The van der Waals surface area contributed by atoms with Gasteiger partial charge < -0.3 is 20.1 Å². The third kappa shape index (κ3) is 4.62. The lowest BCUT2D eigenvalue weighted by Gasteiger charge is -2.22. The van der Waals surface area contributed by atoms with Crippen LogP contribution >= 0.6 is 0 Å². The molecule has 2 N–H and O–H groups in total. The van der Waals surface area contributed by atoms with E-state index >= 15 is 4.39 Å². The van der Waals surface area contributed by atoms with Crippen molar-refractivity contribution in [2.45, 2.75) is 19.4 Å². The van der Waals surface area contributed by atoms with Gasteiger partial charge in [0.25, 0.3) is 0 Å². The van der Waals surface area contributed by atoms with Crippen LogP contribution in [0.25, 0.3) is 0 Å². The minimum Gasteiger partial charge on any atom is -0.493 e. The molecule has 0 aliphatic carbocycles. The van der Waals surface area contributed by atoms with E-state index in [1.54, 1.807) is 55.5 Å². The van der Waals surface area contributed by atoms with E-state index in [0.29, 0.717) is 33.8 Å². The van der Waals surface area contributed by atoms with E-state index in [2.05, 4.69) is 15.7 Å². The first-order valence-electron chi connectivity index (χ1n) is 11.0. The highest BCUT2D eigenvalue weighted by atomic mass is 19.1. The number of methoxy groups -OCH3 is 2. The Hall–Kier alpha value is -4.14. The highest BCUT2D eigenvalue weighted by Gasteiger charge is 2.31. The lowest BCUT2D eigenvalue weighted by atomic mass is 9.93. The highest BCUT2D eigenvalue weighted by Crippen LogP contribution is 2.38. The van der Waals surface area contributed by atoms with Gasteiger partial charge in [0.2, 0.25) is 0 Å². The first-order valence-corrected chi connectivity index (χ1v) is 11.0. The maximum absolute atomic E-state index is 15.6. The fraction of sp³-hybridized carbons (Fsp3) is 0.231. The normalized spacial score (nSPS) is 15.0. The second kappa shape index (κ2) is 10.0. The van der Waals surface area contributed by atoms with Crippen LogP contribution in [0.4, 0.5) is 25.0 Å². The quantitative estimate of drug-likeness (QED) is 0.535. The summed E-state index contributed by atoms with van der Waals surface area (Å²) in [6.07, 6.45) is 0.217. The number of hydrazone groups is 1. The number of hydrogen-bond acceptors (Lipinski definition) is 5. The predicted molar refractivity (Wildman–Crippen MR) is 131 cm³/mol. The Bertz CT molecular complexity index is 1280. The smallest absolute Gasteiger partial charge is 0.337 e. The molecule has 2 amide bonds. The van der Waals surface area contributed by atoms with Crippen molar-refractivity contribution in [2.24, 2.45) is 5.10 Å². The zero-order chi connectivity index (χ0) is 25.1. The number of halogens is 2. The van der Waals surface area contributed by atoms with E-state index in [-0.39, 0.29) is 23.7 Å². The topological polar surface area (TPSA) is 75.2 Å². The van der Waals surface area contributed by atoms with Gasteiger partial charge in [0, 0.05) is 29.4 Å². The lowest BCUT2D eigenvalue weighted by Crippen LogP contribution is -2.41. The van der Waals surface area contributed by atoms with Crippen LogP contribution in [-0.2, 0) is 6.42 Å². The van der Waals surface area contributed by atoms with Crippen LogP contribution in [-0.4, -0.2) is 44.1 Å². The van der Waals surface area contributed by atoms with Gasteiger partial charge in [-0.1, -0.05) is 24.3 Å². The molecule has 1 heterocycles. The minimum absolute atomic E-state index is 0.00405. The van der Waals surface area contributed by atoms with E-state index in [1.807, 2.05) is 0 Å². The molecule has 3 aromatic carbocycles. The minimum atomic E-state index is -0.557. The number of fused-ring (bicyclic) bond motifs is 1. The molecule has 9 heteroatoms. The third-order valence-corrected chi connectivity index (χ3v) is 5.83. The van der Waals surface area contributed by atoms with Crippen molar-refractivity contribution in [1.82, 2.24) is 10.3 Å². The van der Waals surface area contributed by atoms with Crippen LogP contribution in [0.3, 0.4) is 0 Å². The van der Waals surface area contributed by atoms with Crippen LogP contribution in [0.15, 0.2) is 59.7 Å². The number of nitrogens with one attached hydrogen (secondary N) is 2. The molecule has 4 rings (SSSR count). The first kappa shape index (κ1) is 24.0. The molecule has 0 fully saturated rings. The molecule has 182 valence electrons. The summed E-state index contributed by atoms with van der Waals surface area (Å²) in [5.41, 5.74) is 2.89. The molecular formula is C26H26F2N4O3. The van der Waals surface area contributed by atoms with Gasteiger partial charge in [0.1, 0.15) is 5.82 Å². The summed E-state index contributed by atoms with van der Waals surface area (Å²) in [5, 5.41) is 11.6. The number of anilines is 2. The summed E-state index contributed by atoms with van der Waals surface area (Å²) < 4.78 is 40.2. The summed E-state index contributed by atoms with van der Waals surface area (Å²) in [7, 11) is 4.32. The van der Waals surface area contributed by atoms with Gasteiger partial charge in [-0.15, -0.1) is 0 Å². The fourth-order valence-corrected chi connectivity index (χ4v) is 4.04. The average molecular weight is 481 g/mol. The summed E-state index contributed by atoms with van der Waals surface area (Å²) in [5.74, 6) is -0.714. The van der Waals surface area contributed by atoms with Gasteiger partial charge in [0.05, 0.1) is 31.7 Å². The number of carbonyl (C=O) groups excluding carboxylic acids is 1. The number of rotatable bonds is 5. The Morgan fingerprint density at radius 3 is 2.43 bits per heavy atom. The van der Waals surface area contributed by atoms with Gasteiger partial charge in [-0.3, -0.25) is 0 Å². The molecule has 1 aliphatic rings. The summed E-state index contributed by atoms with van der Waals surface area (Å²) in [6, 6.07) is 14.3. The van der Waals surface area contributed by atoms with Crippen molar-refractivity contribution in [3.05, 3.63) is 82.9 Å². The summed E-state index contributed by atoms with van der Waals surface area (Å²) in [4.78, 5) is 12.6. The molecule has 0 saturated carbocycles. The number of nitrogens with zero attached hydrogens (tertiary/aromatic N) is 2. The average Bonchev–Trinajstić information content (AvgIpc) is 3.01. The fourth-order valence-electron chi connectivity index (χ4n) is 4.04. The zero-order valence-electron chi connectivity index (χ0n) is 19.9. The van der Waals surface area contributed by atoms with Crippen LogP contribution in [0, 0.1) is 11.6 Å². The standard InChI is InChI=1S/C26H26F2N4O3/c1-15-13-18-19(14-22(34-3)25(35-4)23(18)28)24(31-32(15)26(33)29-2)16-9-11-17(12-10-16)30-21-8-6-5-7-20(21)27/h5-12,14-15,30H,13H2,1-4H3,(H,29,33)/t15-/m0/s1. The highest BCUT2D eigenvalue weighted by molar-refractivity contribution is 6.14. The van der Waals surface area contributed by atoms with E-state index < -0.39 is 17.9 Å². The Morgan fingerprint density at radius 1 is 1.09 bits per heavy atom. The van der Waals surface area contributed by atoms with E-state index in [9.17, 15) is 9.18 Å². The Labute approximate surface area is 202 Å². The number of benzene rings is 3. The van der Waals surface area contributed by atoms with Gasteiger partial charge in [-0.25, -0.2) is 18.6 Å². The van der Waals surface area contributed by atoms with Crippen molar-refractivity contribution in [3.63, 3.8) is 0 Å². The van der Waals surface area contributed by atoms with Crippen LogP contribution in [0.1, 0.15) is 23.6 Å². The van der Waals surface area contributed by atoms with Gasteiger partial charge in [-0.05, 0) is 43.7 Å². The summed E-state index contributed by atoms with van der Waals surface area (Å²) in [6.45, 7) is 1.79. The number of hydrogen-bond donors (Lipinski definition) is 2. The molecule has 0 spiro atoms. The molecule has 0 radical (unpaired) electrons. The Morgan fingerprint density at radius 2 is 1.80 bits per heavy atom. The third-order valence-electron chi connectivity index (χ3n) is 5.83. The number of amides is 2. The zero-order valence-corrected chi connectivity index (χ0v) is 19.9. The van der Waals surface area contributed by atoms with Crippen LogP contribution < -0.4 is 20.1 Å². The molecular weight excluding hydrogens is 454 g/mol. The van der Waals surface area contributed by atoms with Crippen molar-refractivity contribution in [2.75, 3.05) is 26.6 Å². The molecule has 7 nitrogen and oxygen atoms in total.